The van der Waals surface area contributed by atoms with Crippen molar-refractivity contribution in [1.29, 1.82) is 0 Å². The number of hydrogen-bond acceptors (Lipinski definition) is 4. The molecule has 2 aliphatic rings. The molecule has 0 saturated heterocycles. The van der Waals surface area contributed by atoms with Crippen LogP contribution in [0.3, 0.4) is 0 Å². The standard InChI is InChI=1S/C19H22N4OS/c1-2-17-20-21-19-23(17)22(15-10-6-7-11-16(15)25-19)18(24)13-12-14-8-4-3-5-9-14/h3-5,8-9,12-13,15-16H,2,6-7,10-11H2,1H3/b13-12+. The Bertz CT molecular complexity index is 786. The predicted octanol–water partition coefficient (Wildman–Crippen LogP) is 3.44. The summed E-state index contributed by atoms with van der Waals surface area (Å²) in [6, 6.07) is 10.2. The average molecular weight is 354 g/mol. The molecule has 2 unspecified atom stereocenters. The van der Waals surface area contributed by atoms with Crippen LogP contribution in [0.25, 0.3) is 6.08 Å². The van der Waals surface area contributed by atoms with Gasteiger partial charge in [-0.15, -0.1) is 10.2 Å². The normalized spacial score (nSPS) is 22.7. The average Bonchev–Trinajstić information content (AvgIpc) is 3.07. The lowest BCUT2D eigenvalue weighted by Crippen LogP contribution is -2.56. The molecule has 1 aromatic heterocycles. The van der Waals surface area contributed by atoms with Crippen LogP contribution in [-0.2, 0) is 11.2 Å². The van der Waals surface area contributed by atoms with E-state index in [1.165, 1.54) is 12.8 Å². The van der Waals surface area contributed by atoms with Gasteiger partial charge in [-0.25, -0.2) is 9.69 Å². The molecule has 1 amide bonds. The molecule has 1 aliphatic carbocycles. The van der Waals surface area contributed by atoms with Crippen LogP contribution in [0.1, 0.15) is 44.0 Å². The van der Waals surface area contributed by atoms with Gasteiger partial charge in [-0.3, -0.25) is 4.79 Å². The highest BCUT2D eigenvalue weighted by atomic mass is 32.2. The number of rotatable bonds is 3. The molecular formula is C19H22N4OS. The molecule has 4 rings (SSSR count). The smallest absolute Gasteiger partial charge is 0.265 e. The van der Waals surface area contributed by atoms with E-state index in [2.05, 4.69) is 17.1 Å². The fourth-order valence-electron chi connectivity index (χ4n) is 3.65. The number of hydrogen-bond donors (Lipinski definition) is 0. The van der Waals surface area contributed by atoms with E-state index >= 15 is 0 Å². The van der Waals surface area contributed by atoms with Crippen LogP contribution in [0.5, 0.6) is 0 Å². The Balaban J connectivity index is 1.68. The topological polar surface area (TPSA) is 51.0 Å². The Morgan fingerprint density at radius 1 is 1.24 bits per heavy atom. The van der Waals surface area contributed by atoms with Crippen molar-refractivity contribution >= 4 is 23.7 Å². The summed E-state index contributed by atoms with van der Waals surface area (Å²) >= 11 is 1.78. The first kappa shape index (κ1) is 16.4. The van der Waals surface area contributed by atoms with Gasteiger partial charge in [0.1, 0.15) is 0 Å². The van der Waals surface area contributed by atoms with Crippen molar-refractivity contribution in [3.8, 4) is 0 Å². The number of aromatic nitrogens is 3. The third-order valence-corrected chi connectivity index (χ3v) is 6.21. The highest BCUT2D eigenvalue weighted by Gasteiger charge is 2.41. The quantitative estimate of drug-likeness (QED) is 0.793. The minimum atomic E-state index is 0.0109. The molecule has 0 spiro atoms. The molecule has 2 aromatic rings. The van der Waals surface area contributed by atoms with E-state index in [-0.39, 0.29) is 11.9 Å². The van der Waals surface area contributed by atoms with Gasteiger partial charge in [-0.05, 0) is 24.5 Å². The molecule has 130 valence electrons. The molecule has 1 saturated carbocycles. The number of fused-ring (bicyclic) bond motifs is 2. The third kappa shape index (κ3) is 3.11. The fraction of sp³-hybridized carbons (Fsp3) is 0.421. The summed E-state index contributed by atoms with van der Waals surface area (Å²) in [6.07, 6.45) is 8.91. The first-order valence-corrected chi connectivity index (χ1v) is 9.83. The molecule has 2 heterocycles. The van der Waals surface area contributed by atoms with E-state index in [9.17, 15) is 4.79 Å². The second-order valence-corrected chi connectivity index (χ2v) is 7.71. The van der Waals surface area contributed by atoms with Gasteiger partial charge in [-0.1, -0.05) is 61.9 Å². The first-order chi connectivity index (χ1) is 12.3. The van der Waals surface area contributed by atoms with Crippen LogP contribution in [0, 0.1) is 0 Å². The molecule has 0 bridgehead atoms. The van der Waals surface area contributed by atoms with E-state index in [0.717, 1.165) is 35.8 Å². The number of aryl methyl sites for hydroxylation is 1. The van der Waals surface area contributed by atoms with E-state index in [1.807, 2.05) is 46.1 Å². The maximum Gasteiger partial charge on any atom is 0.265 e. The van der Waals surface area contributed by atoms with E-state index in [4.69, 9.17) is 0 Å². The molecule has 6 heteroatoms. The van der Waals surface area contributed by atoms with Crippen LogP contribution in [0.4, 0.5) is 0 Å². The van der Waals surface area contributed by atoms with Gasteiger partial charge in [0, 0.05) is 17.7 Å². The molecular weight excluding hydrogens is 332 g/mol. The Morgan fingerprint density at radius 2 is 2.04 bits per heavy atom. The van der Waals surface area contributed by atoms with E-state index < -0.39 is 0 Å². The lowest BCUT2D eigenvalue weighted by Gasteiger charge is -2.43. The minimum absolute atomic E-state index is 0.0109. The molecule has 2 atom stereocenters. The zero-order chi connectivity index (χ0) is 17.2. The zero-order valence-electron chi connectivity index (χ0n) is 14.3. The number of thioether (sulfide) groups is 1. The van der Waals surface area contributed by atoms with Crippen LogP contribution < -0.4 is 5.01 Å². The van der Waals surface area contributed by atoms with Crippen LogP contribution in [0.15, 0.2) is 41.6 Å². The molecule has 5 nitrogen and oxygen atoms in total. The van der Waals surface area contributed by atoms with Crippen molar-refractivity contribution in [2.24, 2.45) is 0 Å². The number of carbonyl (C=O) groups is 1. The Hall–Kier alpha value is -2.08. The highest BCUT2D eigenvalue weighted by Crippen LogP contribution is 2.40. The maximum absolute atomic E-state index is 13.1. The maximum atomic E-state index is 13.1. The first-order valence-electron chi connectivity index (χ1n) is 8.95. The summed E-state index contributed by atoms with van der Waals surface area (Å²) in [5.41, 5.74) is 1.03. The SMILES string of the molecule is CCc1nnc2n1N(C(=O)/C=C/c1ccccc1)C1CCCCC1S2. The Morgan fingerprint density at radius 3 is 2.84 bits per heavy atom. The van der Waals surface area contributed by atoms with Gasteiger partial charge >= 0.3 is 0 Å². The summed E-state index contributed by atoms with van der Waals surface area (Å²) < 4.78 is 1.95. The molecule has 0 N–H and O–H groups in total. The minimum Gasteiger partial charge on any atom is -0.268 e. The van der Waals surface area contributed by atoms with Crippen molar-refractivity contribution < 1.29 is 4.79 Å². The number of carbonyl (C=O) groups excluding carboxylic acids is 1. The number of benzene rings is 1. The zero-order valence-corrected chi connectivity index (χ0v) is 15.2. The van der Waals surface area contributed by atoms with Crippen LogP contribution >= 0.6 is 11.8 Å². The van der Waals surface area contributed by atoms with Gasteiger partial charge in [0.15, 0.2) is 5.82 Å². The van der Waals surface area contributed by atoms with Gasteiger partial charge in [0.2, 0.25) is 5.16 Å². The van der Waals surface area contributed by atoms with Crippen LogP contribution in [0.2, 0.25) is 0 Å². The number of amides is 1. The summed E-state index contributed by atoms with van der Waals surface area (Å²) in [5, 5.41) is 11.8. The van der Waals surface area contributed by atoms with E-state index in [1.54, 1.807) is 17.8 Å². The summed E-state index contributed by atoms with van der Waals surface area (Å²) in [6.45, 7) is 2.05. The lowest BCUT2D eigenvalue weighted by atomic mass is 9.94. The Kier molecular flexibility index (Phi) is 4.61. The second-order valence-electron chi connectivity index (χ2n) is 6.50. The molecule has 1 aromatic carbocycles. The lowest BCUT2D eigenvalue weighted by molar-refractivity contribution is -0.116. The largest absolute Gasteiger partial charge is 0.268 e. The molecule has 1 aliphatic heterocycles. The summed E-state index contributed by atoms with van der Waals surface area (Å²) in [4.78, 5) is 13.1. The fourth-order valence-corrected chi connectivity index (χ4v) is 5.00. The third-order valence-electron chi connectivity index (χ3n) is 4.89. The van der Waals surface area contributed by atoms with Gasteiger partial charge in [0.25, 0.3) is 5.91 Å². The van der Waals surface area contributed by atoms with Crippen molar-refractivity contribution in [3.63, 3.8) is 0 Å². The molecule has 0 radical (unpaired) electrons. The molecule has 25 heavy (non-hydrogen) atoms. The van der Waals surface area contributed by atoms with Gasteiger partial charge in [0.05, 0.1) is 6.04 Å². The second kappa shape index (κ2) is 7.04. The van der Waals surface area contributed by atoms with E-state index in [0.29, 0.717) is 5.25 Å². The summed E-state index contributed by atoms with van der Waals surface area (Å²) in [5.74, 6) is 0.866. The van der Waals surface area contributed by atoms with Crippen molar-refractivity contribution in [2.45, 2.75) is 55.5 Å². The van der Waals surface area contributed by atoms with Gasteiger partial charge in [-0.2, -0.15) is 0 Å². The highest BCUT2D eigenvalue weighted by molar-refractivity contribution is 7.99. The van der Waals surface area contributed by atoms with Crippen molar-refractivity contribution in [3.05, 3.63) is 47.8 Å². The summed E-state index contributed by atoms with van der Waals surface area (Å²) in [7, 11) is 0. The van der Waals surface area contributed by atoms with Crippen molar-refractivity contribution in [1.82, 2.24) is 14.9 Å². The van der Waals surface area contributed by atoms with Crippen LogP contribution in [-0.4, -0.2) is 32.1 Å². The molecule has 1 fully saturated rings. The monoisotopic (exact) mass is 354 g/mol. The predicted molar refractivity (Wildman–Crippen MR) is 100 cm³/mol. The Labute approximate surface area is 152 Å². The van der Waals surface area contributed by atoms with Gasteiger partial charge < -0.3 is 0 Å². The van der Waals surface area contributed by atoms with Crippen molar-refractivity contribution in [2.75, 3.05) is 5.01 Å². The number of nitrogens with zero attached hydrogens (tertiary/aromatic N) is 4.